The van der Waals surface area contributed by atoms with E-state index in [2.05, 4.69) is 31.4 Å². The molecule has 2 amide bonds. The number of rotatable bonds is 3. The van der Waals surface area contributed by atoms with Crippen molar-refractivity contribution in [3.05, 3.63) is 0 Å². The first-order valence-corrected chi connectivity index (χ1v) is 8.54. The van der Waals surface area contributed by atoms with E-state index in [0.717, 1.165) is 12.8 Å². The van der Waals surface area contributed by atoms with Crippen molar-refractivity contribution >= 4 is 11.8 Å². The lowest BCUT2D eigenvalue weighted by Crippen LogP contribution is -2.53. The maximum absolute atomic E-state index is 12.4. The molecular formula is C18H34N2O2. The molecule has 1 rings (SSSR count). The average Bonchev–Trinajstić information content (AvgIpc) is 2.36. The van der Waals surface area contributed by atoms with Crippen molar-refractivity contribution in [2.45, 2.75) is 86.2 Å². The molecule has 1 saturated carbocycles. The summed E-state index contributed by atoms with van der Waals surface area (Å²) in [6.07, 6.45) is 4.61. The van der Waals surface area contributed by atoms with Gasteiger partial charge in [0.15, 0.2) is 0 Å². The molecule has 0 bridgehead atoms. The fourth-order valence-electron chi connectivity index (χ4n) is 3.13. The Morgan fingerprint density at radius 2 is 1.55 bits per heavy atom. The fourth-order valence-corrected chi connectivity index (χ4v) is 3.13. The first kappa shape index (κ1) is 19.0. The van der Waals surface area contributed by atoms with Crippen LogP contribution in [0.25, 0.3) is 0 Å². The number of carbonyl (C=O) groups excluding carboxylic acids is 2. The summed E-state index contributed by atoms with van der Waals surface area (Å²) in [5.41, 5.74) is -0.288. The first-order chi connectivity index (χ1) is 9.93. The molecule has 3 unspecified atom stereocenters. The Bertz CT molecular complexity index is 404. The Morgan fingerprint density at radius 1 is 1.00 bits per heavy atom. The van der Waals surface area contributed by atoms with E-state index in [1.165, 1.54) is 12.8 Å². The van der Waals surface area contributed by atoms with Gasteiger partial charge in [-0.05, 0) is 31.1 Å². The zero-order valence-electron chi connectivity index (χ0n) is 15.4. The summed E-state index contributed by atoms with van der Waals surface area (Å²) in [5.74, 6) is 0.334. The van der Waals surface area contributed by atoms with Crippen molar-refractivity contribution in [1.82, 2.24) is 10.6 Å². The lowest BCUT2D eigenvalue weighted by atomic mass is 9.69. The molecule has 0 aromatic carbocycles. The SMILES string of the molecule is CC(NC(=O)C(C)(C)C)C(=O)NC1CCCCC1C(C)(C)C. The molecule has 0 saturated heterocycles. The normalized spacial score (nSPS) is 24.5. The minimum atomic E-state index is -0.491. The van der Waals surface area contributed by atoms with Crippen LogP contribution in [0.5, 0.6) is 0 Å². The van der Waals surface area contributed by atoms with Gasteiger partial charge >= 0.3 is 0 Å². The highest BCUT2D eigenvalue weighted by atomic mass is 16.2. The standard InChI is InChI=1S/C18H34N2O2/c1-12(19-16(22)18(5,6)7)15(21)20-14-11-9-8-10-13(14)17(2,3)4/h12-14H,8-11H2,1-7H3,(H,19,22)(H,20,21). The average molecular weight is 310 g/mol. The van der Waals surface area contributed by atoms with Crippen molar-refractivity contribution < 1.29 is 9.59 Å². The topological polar surface area (TPSA) is 58.2 Å². The molecule has 0 heterocycles. The Morgan fingerprint density at radius 3 is 2.05 bits per heavy atom. The molecule has 1 fully saturated rings. The van der Waals surface area contributed by atoms with Gasteiger partial charge in [0.1, 0.15) is 6.04 Å². The maximum Gasteiger partial charge on any atom is 0.242 e. The van der Waals surface area contributed by atoms with E-state index in [-0.39, 0.29) is 23.3 Å². The Hall–Kier alpha value is -1.06. The van der Waals surface area contributed by atoms with Gasteiger partial charge in [-0.15, -0.1) is 0 Å². The lowest BCUT2D eigenvalue weighted by molar-refractivity contribution is -0.133. The second-order valence-corrected chi connectivity index (χ2v) is 8.82. The number of hydrogen-bond acceptors (Lipinski definition) is 2. The zero-order chi connectivity index (χ0) is 17.1. The summed E-state index contributed by atoms with van der Waals surface area (Å²) in [6.45, 7) is 14.0. The quantitative estimate of drug-likeness (QED) is 0.840. The molecule has 1 aliphatic rings. The minimum Gasteiger partial charge on any atom is -0.351 e. The predicted molar refractivity (Wildman–Crippen MR) is 90.4 cm³/mol. The molecule has 4 heteroatoms. The van der Waals surface area contributed by atoms with Crippen molar-refractivity contribution in [2.75, 3.05) is 0 Å². The highest BCUT2D eigenvalue weighted by Crippen LogP contribution is 2.38. The summed E-state index contributed by atoms with van der Waals surface area (Å²) in [6, 6.07) is -0.274. The van der Waals surface area contributed by atoms with Gasteiger partial charge in [0.05, 0.1) is 0 Å². The summed E-state index contributed by atoms with van der Waals surface area (Å²) < 4.78 is 0. The second-order valence-electron chi connectivity index (χ2n) is 8.82. The molecule has 2 N–H and O–H groups in total. The molecule has 0 spiro atoms. The van der Waals surface area contributed by atoms with Crippen molar-refractivity contribution in [3.63, 3.8) is 0 Å². The molecule has 128 valence electrons. The summed E-state index contributed by atoms with van der Waals surface area (Å²) >= 11 is 0. The molecule has 22 heavy (non-hydrogen) atoms. The lowest BCUT2D eigenvalue weighted by Gasteiger charge is -2.41. The van der Waals surface area contributed by atoms with E-state index in [0.29, 0.717) is 5.92 Å². The third-order valence-electron chi connectivity index (χ3n) is 4.63. The van der Waals surface area contributed by atoms with Crippen LogP contribution in [0.15, 0.2) is 0 Å². The third kappa shape index (κ3) is 5.29. The summed E-state index contributed by atoms with van der Waals surface area (Å²) in [4.78, 5) is 24.4. The van der Waals surface area contributed by atoms with Gasteiger partial charge in [-0.3, -0.25) is 9.59 Å². The number of nitrogens with one attached hydrogen (secondary N) is 2. The van der Waals surface area contributed by atoms with E-state index in [4.69, 9.17) is 0 Å². The monoisotopic (exact) mass is 310 g/mol. The van der Waals surface area contributed by atoms with Crippen molar-refractivity contribution in [3.8, 4) is 0 Å². The zero-order valence-corrected chi connectivity index (χ0v) is 15.4. The number of carbonyl (C=O) groups is 2. The smallest absolute Gasteiger partial charge is 0.242 e. The first-order valence-electron chi connectivity index (χ1n) is 8.54. The number of hydrogen-bond donors (Lipinski definition) is 2. The molecule has 0 aromatic rings. The van der Waals surface area contributed by atoms with E-state index in [9.17, 15) is 9.59 Å². The molecule has 0 aliphatic heterocycles. The largest absolute Gasteiger partial charge is 0.351 e. The van der Waals surface area contributed by atoms with E-state index in [1.807, 2.05) is 20.8 Å². The van der Waals surface area contributed by atoms with Gasteiger partial charge in [-0.25, -0.2) is 0 Å². The fraction of sp³-hybridized carbons (Fsp3) is 0.889. The van der Waals surface area contributed by atoms with Crippen LogP contribution in [0.2, 0.25) is 0 Å². The summed E-state index contributed by atoms with van der Waals surface area (Å²) in [7, 11) is 0. The van der Waals surface area contributed by atoms with Crippen molar-refractivity contribution in [1.29, 1.82) is 0 Å². The van der Waals surface area contributed by atoms with Crippen LogP contribution < -0.4 is 10.6 Å². The van der Waals surface area contributed by atoms with Crippen LogP contribution in [-0.4, -0.2) is 23.9 Å². The van der Waals surface area contributed by atoms with Crippen LogP contribution in [0, 0.1) is 16.7 Å². The Kier molecular flexibility index (Phi) is 6.05. The molecule has 0 radical (unpaired) electrons. The van der Waals surface area contributed by atoms with Gasteiger partial charge in [-0.2, -0.15) is 0 Å². The highest BCUT2D eigenvalue weighted by molar-refractivity contribution is 5.89. The van der Waals surface area contributed by atoms with Gasteiger partial charge in [-0.1, -0.05) is 54.4 Å². The second kappa shape index (κ2) is 7.01. The van der Waals surface area contributed by atoms with E-state index >= 15 is 0 Å². The minimum absolute atomic E-state index is 0.0706. The highest BCUT2D eigenvalue weighted by Gasteiger charge is 2.35. The van der Waals surface area contributed by atoms with E-state index in [1.54, 1.807) is 6.92 Å². The Labute approximate surface area is 135 Å². The molecule has 4 nitrogen and oxygen atoms in total. The van der Waals surface area contributed by atoms with Crippen LogP contribution in [0.1, 0.15) is 74.1 Å². The van der Waals surface area contributed by atoms with Crippen LogP contribution in [0.4, 0.5) is 0 Å². The van der Waals surface area contributed by atoms with Gasteiger partial charge in [0, 0.05) is 11.5 Å². The molecule has 3 atom stereocenters. The van der Waals surface area contributed by atoms with Gasteiger partial charge in [0.25, 0.3) is 0 Å². The van der Waals surface area contributed by atoms with Crippen molar-refractivity contribution in [2.24, 2.45) is 16.7 Å². The maximum atomic E-state index is 12.4. The molecule has 0 aromatic heterocycles. The predicted octanol–water partition coefficient (Wildman–Crippen LogP) is 3.26. The van der Waals surface area contributed by atoms with Gasteiger partial charge < -0.3 is 10.6 Å². The molecule has 1 aliphatic carbocycles. The van der Waals surface area contributed by atoms with Crippen LogP contribution >= 0.6 is 0 Å². The Balaban J connectivity index is 2.64. The van der Waals surface area contributed by atoms with E-state index < -0.39 is 11.5 Å². The van der Waals surface area contributed by atoms with Crippen LogP contribution in [0.3, 0.4) is 0 Å². The molecular weight excluding hydrogens is 276 g/mol. The van der Waals surface area contributed by atoms with Gasteiger partial charge in [0.2, 0.25) is 11.8 Å². The number of amides is 2. The summed E-state index contributed by atoms with van der Waals surface area (Å²) in [5, 5.41) is 5.99. The van der Waals surface area contributed by atoms with Crippen LogP contribution in [-0.2, 0) is 9.59 Å². The third-order valence-corrected chi connectivity index (χ3v) is 4.63.